The van der Waals surface area contributed by atoms with Gasteiger partial charge in [-0.2, -0.15) is 0 Å². The Morgan fingerprint density at radius 3 is 2.75 bits per heavy atom. The van der Waals surface area contributed by atoms with Gasteiger partial charge in [-0.3, -0.25) is 4.98 Å². The third kappa shape index (κ3) is 3.11. The van der Waals surface area contributed by atoms with E-state index in [0.717, 1.165) is 43.7 Å². The Hall–Kier alpha value is -2.07. The zero-order valence-electron chi connectivity index (χ0n) is 14.8. The molecule has 1 unspecified atom stereocenters. The summed E-state index contributed by atoms with van der Waals surface area (Å²) < 4.78 is 10.9. The van der Waals surface area contributed by atoms with Gasteiger partial charge in [-0.05, 0) is 68.6 Å². The van der Waals surface area contributed by atoms with Gasteiger partial charge >= 0.3 is 0 Å². The molecule has 4 heteroatoms. The quantitative estimate of drug-likeness (QED) is 0.886. The monoisotopic (exact) mass is 326 g/mol. The normalized spacial score (nSPS) is 19.6. The van der Waals surface area contributed by atoms with Crippen LogP contribution in [-0.4, -0.2) is 32.8 Å². The van der Waals surface area contributed by atoms with Crippen molar-refractivity contribution in [3.05, 3.63) is 53.3 Å². The number of pyridine rings is 1. The number of nitrogens with zero attached hydrogens (tertiary/aromatic N) is 1. The van der Waals surface area contributed by atoms with Crippen LogP contribution in [0.25, 0.3) is 0 Å². The maximum absolute atomic E-state index is 5.53. The molecule has 1 aromatic heterocycles. The minimum Gasteiger partial charge on any atom is -0.493 e. The van der Waals surface area contributed by atoms with Crippen LogP contribution in [-0.2, 0) is 18.3 Å². The summed E-state index contributed by atoms with van der Waals surface area (Å²) in [7, 11) is 5.39. The average molecular weight is 326 g/mol. The number of hydrogen-bond donors (Lipinski definition) is 1. The molecular weight excluding hydrogens is 300 g/mol. The highest BCUT2D eigenvalue weighted by atomic mass is 16.5. The van der Waals surface area contributed by atoms with E-state index in [9.17, 15) is 0 Å². The van der Waals surface area contributed by atoms with Gasteiger partial charge in [0.15, 0.2) is 11.5 Å². The zero-order chi connectivity index (χ0) is 17.0. The van der Waals surface area contributed by atoms with Gasteiger partial charge < -0.3 is 14.8 Å². The van der Waals surface area contributed by atoms with Crippen LogP contribution in [0.15, 0.2) is 36.5 Å². The van der Waals surface area contributed by atoms with Crippen LogP contribution in [0, 0.1) is 0 Å². The van der Waals surface area contributed by atoms with E-state index >= 15 is 0 Å². The predicted molar refractivity (Wildman–Crippen MR) is 96.0 cm³/mol. The van der Waals surface area contributed by atoms with E-state index in [1.807, 2.05) is 25.4 Å². The molecule has 24 heavy (non-hydrogen) atoms. The third-order valence-electron chi connectivity index (χ3n) is 5.20. The molecule has 0 saturated heterocycles. The van der Waals surface area contributed by atoms with Crippen molar-refractivity contribution in [1.29, 1.82) is 0 Å². The highest BCUT2D eigenvalue weighted by Gasteiger charge is 2.36. The van der Waals surface area contributed by atoms with Crippen LogP contribution < -0.4 is 14.8 Å². The minimum atomic E-state index is 0.110. The molecule has 0 radical (unpaired) electrons. The Labute approximate surface area is 144 Å². The van der Waals surface area contributed by atoms with E-state index in [1.54, 1.807) is 14.2 Å². The first-order chi connectivity index (χ1) is 11.7. The fourth-order valence-electron chi connectivity index (χ4n) is 3.80. The number of methoxy groups -OCH3 is 2. The molecular formula is C20H26N2O2. The first kappa shape index (κ1) is 16.8. The maximum Gasteiger partial charge on any atom is 0.161 e. The van der Waals surface area contributed by atoms with Gasteiger partial charge in [-0.25, -0.2) is 0 Å². The summed E-state index contributed by atoms with van der Waals surface area (Å²) in [4.78, 5) is 4.56. The van der Waals surface area contributed by atoms with Crippen molar-refractivity contribution in [2.24, 2.45) is 0 Å². The number of fused-ring (bicyclic) bond motifs is 1. The number of hydrogen-bond acceptors (Lipinski definition) is 4. The molecule has 128 valence electrons. The van der Waals surface area contributed by atoms with Crippen LogP contribution in [0.3, 0.4) is 0 Å². The van der Waals surface area contributed by atoms with Crippen molar-refractivity contribution in [2.45, 2.75) is 31.1 Å². The van der Waals surface area contributed by atoms with E-state index in [-0.39, 0.29) is 5.41 Å². The molecule has 0 aliphatic heterocycles. The molecule has 0 bridgehead atoms. The van der Waals surface area contributed by atoms with Crippen molar-refractivity contribution < 1.29 is 9.47 Å². The average Bonchev–Trinajstić information content (AvgIpc) is 2.65. The predicted octanol–water partition coefficient (Wildman–Crippen LogP) is 3.14. The molecule has 1 N–H and O–H groups in total. The molecule has 3 rings (SSSR count). The van der Waals surface area contributed by atoms with Crippen molar-refractivity contribution in [3.8, 4) is 11.5 Å². The molecule has 1 aliphatic rings. The van der Waals surface area contributed by atoms with E-state index in [0.29, 0.717) is 0 Å². The summed E-state index contributed by atoms with van der Waals surface area (Å²) in [5.74, 6) is 1.58. The van der Waals surface area contributed by atoms with Crippen molar-refractivity contribution >= 4 is 0 Å². The van der Waals surface area contributed by atoms with Gasteiger partial charge in [0.1, 0.15) is 0 Å². The molecule has 1 aromatic carbocycles. The van der Waals surface area contributed by atoms with Crippen LogP contribution in [0.1, 0.15) is 29.7 Å². The molecule has 4 nitrogen and oxygen atoms in total. The summed E-state index contributed by atoms with van der Waals surface area (Å²) in [6.07, 6.45) is 6.14. The first-order valence-electron chi connectivity index (χ1n) is 8.52. The van der Waals surface area contributed by atoms with Crippen LogP contribution >= 0.6 is 0 Å². The highest BCUT2D eigenvalue weighted by molar-refractivity contribution is 5.46. The summed E-state index contributed by atoms with van der Waals surface area (Å²) >= 11 is 0. The van der Waals surface area contributed by atoms with E-state index in [4.69, 9.17) is 9.47 Å². The lowest BCUT2D eigenvalue weighted by atomic mass is 9.66. The van der Waals surface area contributed by atoms with E-state index in [2.05, 4.69) is 28.5 Å². The smallest absolute Gasteiger partial charge is 0.161 e. The zero-order valence-corrected chi connectivity index (χ0v) is 14.8. The third-order valence-corrected chi connectivity index (χ3v) is 5.20. The summed E-state index contributed by atoms with van der Waals surface area (Å²) in [5, 5.41) is 3.31. The number of benzene rings is 1. The van der Waals surface area contributed by atoms with Crippen molar-refractivity contribution in [2.75, 3.05) is 27.8 Å². The van der Waals surface area contributed by atoms with Crippen LogP contribution in [0.5, 0.6) is 11.5 Å². The van der Waals surface area contributed by atoms with Crippen LogP contribution in [0.2, 0.25) is 0 Å². The second-order valence-electron chi connectivity index (χ2n) is 6.49. The summed E-state index contributed by atoms with van der Waals surface area (Å²) in [6.45, 7) is 0.990. The Kier molecular flexibility index (Phi) is 5.05. The van der Waals surface area contributed by atoms with Crippen LogP contribution in [0.4, 0.5) is 0 Å². The number of ether oxygens (including phenoxy) is 2. The van der Waals surface area contributed by atoms with Gasteiger partial charge in [0.25, 0.3) is 0 Å². The number of aromatic nitrogens is 1. The Balaban J connectivity index is 2.01. The van der Waals surface area contributed by atoms with Crippen molar-refractivity contribution in [3.63, 3.8) is 0 Å². The molecule has 0 amide bonds. The molecule has 0 saturated carbocycles. The fourth-order valence-corrected chi connectivity index (χ4v) is 3.80. The molecule has 1 atom stereocenters. The van der Waals surface area contributed by atoms with E-state index in [1.165, 1.54) is 16.8 Å². The molecule has 1 aliphatic carbocycles. The van der Waals surface area contributed by atoms with Gasteiger partial charge in [0.2, 0.25) is 0 Å². The Bertz CT molecular complexity index is 702. The minimum absolute atomic E-state index is 0.110. The standard InChI is InChI=1S/C20H26N2O2/c1-21-12-10-20(9-8-17-15(14-20)5-4-11-22-17)16-6-7-18(23-2)19(13-16)24-3/h4-7,11,13,21H,8-10,12,14H2,1-3H3. The van der Waals surface area contributed by atoms with Gasteiger partial charge in [-0.1, -0.05) is 12.1 Å². The highest BCUT2D eigenvalue weighted by Crippen LogP contribution is 2.43. The van der Waals surface area contributed by atoms with Gasteiger partial charge in [-0.15, -0.1) is 0 Å². The van der Waals surface area contributed by atoms with Gasteiger partial charge in [0.05, 0.1) is 14.2 Å². The fraction of sp³-hybridized carbons (Fsp3) is 0.450. The lowest BCUT2D eigenvalue weighted by Gasteiger charge is -2.39. The first-order valence-corrected chi connectivity index (χ1v) is 8.52. The van der Waals surface area contributed by atoms with Gasteiger partial charge in [0, 0.05) is 17.3 Å². The lowest BCUT2D eigenvalue weighted by Crippen LogP contribution is -2.36. The maximum atomic E-state index is 5.53. The van der Waals surface area contributed by atoms with E-state index < -0.39 is 0 Å². The van der Waals surface area contributed by atoms with Crippen molar-refractivity contribution in [1.82, 2.24) is 10.3 Å². The summed E-state index contributed by atoms with van der Waals surface area (Å²) in [6, 6.07) is 10.6. The molecule has 0 spiro atoms. The number of rotatable bonds is 6. The SMILES string of the molecule is CNCCC1(c2ccc(OC)c(OC)c2)CCc2ncccc2C1. The summed E-state index contributed by atoms with van der Waals surface area (Å²) in [5.41, 5.74) is 4.05. The largest absolute Gasteiger partial charge is 0.493 e. The second-order valence-corrected chi connectivity index (χ2v) is 6.49. The molecule has 1 heterocycles. The molecule has 2 aromatic rings. The Morgan fingerprint density at radius 2 is 2.00 bits per heavy atom. The lowest BCUT2D eigenvalue weighted by molar-refractivity contribution is 0.329. The molecule has 0 fully saturated rings. The second kappa shape index (κ2) is 7.22. The Morgan fingerprint density at radius 1 is 1.17 bits per heavy atom. The topological polar surface area (TPSA) is 43.4 Å². The number of nitrogens with one attached hydrogen (secondary N) is 1. The number of aryl methyl sites for hydroxylation is 1.